The van der Waals surface area contributed by atoms with Crippen LogP contribution >= 0.6 is 0 Å². The highest BCUT2D eigenvalue weighted by molar-refractivity contribution is 6.07. The van der Waals surface area contributed by atoms with Crippen molar-refractivity contribution in [1.29, 1.82) is 0 Å². The minimum atomic E-state index is -0.870. The molecular formula is C18H24N2O2. The second-order valence-corrected chi connectivity index (χ2v) is 6.61. The largest absolute Gasteiger partial charge is 0.337 e. The first-order valence-corrected chi connectivity index (χ1v) is 8.12. The Morgan fingerprint density at radius 3 is 2.73 bits per heavy atom. The van der Waals surface area contributed by atoms with Crippen molar-refractivity contribution in [3.8, 4) is 0 Å². The van der Waals surface area contributed by atoms with Crippen molar-refractivity contribution in [2.45, 2.75) is 44.7 Å². The van der Waals surface area contributed by atoms with Gasteiger partial charge in [-0.15, -0.1) is 0 Å². The molecule has 0 spiro atoms. The molecule has 0 aromatic heterocycles. The van der Waals surface area contributed by atoms with E-state index in [9.17, 15) is 9.59 Å². The number of likely N-dealkylation sites (N-methyl/N-ethyl adjacent to an activating group) is 1. The maximum atomic E-state index is 13.0. The monoisotopic (exact) mass is 300 g/mol. The molecule has 1 N–H and O–H groups in total. The fourth-order valence-corrected chi connectivity index (χ4v) is 4.13. The minimum Gasteiger partial charge on any atom is -0.337 e. The van der Waals surface area contributed by atoms with Gasteiger partial charge in [-0.1, -0.05) is 30.3 Å². The number of ketones is 1. The summed E-state index contributed by atoms with van der Waals surface area (Å²) in [5.74, 6) is 0.0411. The van der Waals surface area contributed by atoms with Gasteiger partial charge in [0.25, 0.3) is 0 Å². The van der Waals surface area contributed by atoms with Gasteiger partial charge < -0.3 is 10.2 Å². The van der Waals surface area contributed by atoms with Crippen LogP contribution < -0.4 is 5.32 Å². The topological polar surface area (TPSA) is 49.4 Å². The molecule has 1 aromatic carbocycles. The maximum Gasteiger partial charge on any atom is 0.236 e. The predicted molar refractivity (Wildman–Crippen MR) is 85.5 cm³/mol. The van der Waals surface area contributed by atoms with Gasteiger partial charge in [-0.25, -0.2) is 0 Å². The maximum absolute atomic E-state index is 13.0. The smallest absolute Gasteiger partial charge is 0.236 e. The summed E-state index contributed by atoms with van der Waals surface area (Å²) in [5.41, 5.74) is 0.192. The lowest BCUT2D eigenvalue weighted by Gasteiger charge is -2.36. The molecule has 22 heavy (non-hydrogen) atoms. The fourth-order valence-electron chi connectivity index (χ4n) is 4.13. The van der Waals surface area contributed by atoms with Crippen LogP contribution in [-0.2, 0) is 16.0 Å². The Bertz CT molecular complexity index is 572. The molecule has 3 rings (SSSR count). The van der Waals surface area contributed by atoms with E-state index >= 15 is 0 Å². The highest BCUT2D eigenvalue weighted by Crippen LogP contribution is 2.43. The lowest BCUT2D eigenvalue weighted by molar-refractivity contribution is -0.144. The van der Waals surface area contributed by atoms with Gasteiger partial charge in [-0.2, -0.15) is 0 Å². The van der Waals surface area contributed by atoms with E-state index in [0.717, 1.165) is 24.9 Å². The third-order valence-electron chi connectivity index (χ3n) is 5.40. The van der Waals surface area contributed by atoms with Crippen LogP contribution in [0.1, 0.15) is 31.7 Å². The molecule has 0 saturated carbocycles. The van der Waals surface area contributed by atoms with E-state index in [1.54, 1.807) is 6.92 Å². The van der Waals surface area contributed by atoms with Gasteiger partial charge in [-0.3, -0.25) is 9.59 Å². The summed E-state index contributed by atoms with van der Waals surface area (Å²) in [6, 6.07) is 10.4. The van der Waals surface area contributed by atoms with Gasteiger partial charge in [0.1, 0.15) is 11.2 Å². The van der Waals surface area contributed by atoms with Gasteiger partial charge in [0.2, 0.25) is 5.91 Å². The molecule has 118 valence electrons. The Labute approximate surface area is 131 Å². The predicted octanol–water partition coefficient (Wildman–Crippen LogP) is 1.79. The second kappa shape index (κ2) is 5.84. The summed E-state index contributed by atoms with van der Waals surface area (Å²) >= 11 is 0. The zero-order chi connectivity index (χ0) is 15.7. The zero-order valence-electron chi connectivity index (χ0n) is 13.3. The van der Waals surface area contributed by atoms with Crippen molar-refractivity contribution in [3.63, 3.8) is 0 Å². The first-order chi connectivity index (χ1) is 10.6. The van der Waals surface area contributed by atoms with Crippen molar-refractivity contribution in [2.24, 2.45) is 5.41 Å². The summed E-state index contributed by atoms with van der Waals surface area (Å²) < 4.78 is 0. The number of nitrogens with zero attached hydrogens (tertiary/aromatic N) is 1. The van der Waals surface area contributed by atoms with E-state index < -0.39 is 5.41 Å². The van der Waals surface area contributed by atoms with E-state index in [1.807, 2.05) is 42.3 Å². The Hall–Kier alpha value is -1.68. The van der Waals surface area contributed by atoms with E-state index in [4.69, 9.17) is 0 Å². The lowest BCUT2D eigenvalue weighted by atomic mass is 9.75. The van der Waals surface area contributed by atoms with Gasteiger partial charge in [0.05, 0.1) is 0 Å². The van der Waals surface area contributed by atoms with Gasteiger partial charge in [0.15, 0.2) is 0 Å². The molecule has 4 heteroatoms. The van der Waals surface area contributed by atoms with Crippen LogP contribution in [0.4, 0.5) is 0 Å². The van der Waals surface area contributed by atoms with Crippen LogP contribution in [-0.4, -0.2) is 42.3 Å². The van der Waals surface area contributed by atoms with Crippen molar-refractivity contribution >= 4 is 11.7 Å². The Kier molecular flexibility index (Phi) is 4.04. The molecule has 2 fully saturated rings. The number of amides is 1. The highest BCUT2D eigenvalue weighted by Gasteiger charge is 2.56. The number of nitrogens with one attached hydrogen (secondary N) is 1. The molecule has 1 aromatic rings. The van der Waals surface area contributed by atoms with Crippen LogP contribution in [0, 0.1) is 5.41 Å². The van der Waals surface area contributed by atoms with Crippen LogP contribution in [0.2, 0.25) is 0 Å². The van der Waals surface area contributed by atoms with Crippen LogP contribution in [0.3, 0.4) is 0 Å². The van der Waals surface area contributed by atoms with Gasteiger partial charge >= 0.3 is 0 Å². The quantitative estimate of drug-likeness (QED) is 0.863. The number of carbonyl (C=O) groups is 2. The zero-order valence-corrected chi connectivity index (χ0v) is 13.3. The minimum absolute atomic E-state index is 0.00519. The molecular weight excluding hydrogens is 276 g/mol. The molecule has 2 heterocycles. The van der Waals surface area contributed by atoms with Gasteiger partial charge in [-0.05, 0) is 45.2 Å². The second-order valence-electron chi connectivity index (χ2n) is 6.61. The van der Waals surface area contributed by atoms with Crippen molar-refractivity contribution < 1.29 is 9.59 Å². The summed E-state index contributed by atoms with van der Waals surface area (Å²) in [4.78, 5) is 27.5. The Morgan fingerprint density at radius 2 is 2.09 bits per heavy atom. The first-order valence-electron chi connectivity index (χ1n) is 8.12. The molecule has 2 saturated heterocycles. The number of hydrogen-bond donors (Lipinski definition) is 1. The number of benzene rings is 1. The van der Waals surface area contributed by atoms with E-state index in [-0.39, 0.29) is 17.7 Å². The molecule has 2 aliphatic heterocycles. The molecule has 1 amide bonds. The van der Waals surface area contributed by atoms with E-state index in [0.29, 0.717) is 18.9 Å². The van der Waals surface area contributed by atoms with Crippen LogP contribution in [0.25, 0.3) is 0 Å². The molecule has 2 unspecified atom stereocenters. The van der Waals surface area contributed by atoms with E-state index in [2.05, 4.69) is 5.32 Å². The summed E-state index contributed by atoms with van der Waals surface area (Å²) in [6.45, 7) is 2.36. The third kappa shape index (κ3) is 2.35. The number of rotatable bonds is 4. The molecule has 3 atom stereocenters. The number of carbonyl (C=O) groups excluding carboxylic acids is 2. The molecule has 0 radical (unpaired) electrons. The fraction of sp³-hybridized carbons (Fsp3) is 0.556. The van der Waals surface area contributed by atoms with Crippen molar-refractivity contribution in [1.82, 2.24) is 10.2 Å². The van der Waals surface area contributed by atoms with Crippen LogP contribution in [0.15, 0.2) is 30.3 Å². The molecule has 0 bridgehead atoms. The average molecular weight is 300 g/mol. The average Bonchev–Trinajstić information content (AvgIpc) is 2.82. The molecule has 2 aliphatic rings. The lowest BCUT2D eigenvalue weighted by Crippen LogP contribution is -2.51. The summed E-state index contributed by atoms with van der Waals surface area (Å²) in [5, 5.41) is 3.33. The Balaban J connectivity index is 1.94. The van der Waals surface area contributed by atoms with Crippen LogP contribution in [0.5, 0.6) is 0 Å². The SMILES string of the molecule is CN[C@H]1CCCN2C(=O)C(Cc3ccccc3)(C(C)=O)CC12. The molecule has 0 aliphatic carbocycles. The summed E-state index contributed by atoms with van der Waals surface area (Å²) in [7, 11) is 1.95. The Morgan fingerprint density at radius 1 is 1.36 bits per heavy atom. The highest BCUT2D eigenvalue weighted by atomic mass is 16.2. The van der Waals surface area contributed by atoms with E-state index in [1.165, 1.54) is 0 Å². The van der Waals surface area contributed by atoms with Crippen molar-refractivity contribution in [2.75, 3.05) is 13.6 Å². The number of piperidine rings is 1. The normalized spacial score (nSPS) is 31.2. The molecule has 4 nitrogen and oxygen atoms in total. The first kappa shape index (κ1) is 15.2. The van der Waals surface area contributed by atoms with Gasteiger partial charge in [0, 0.05) is 18.6 Å². The number of hydrogen-bond acceptors (Lipinski definition) is 3. The number of Topliss-reactive ketones (excluding diaryl/α,β-unsaturated/α-hetero) is 1. The third-order valence-corrected chi connectivity index (χ3v) is 5.40. The van der Waals surface area contributed by atoms with Crippen molar-refractivity contribution in [3.05, 3.63) is 35.9 Å². The standard InChI is InChI=1S/C18H24N2O2/c1-13(21)18(11-14-7-4-3-5-8-14)12-16-15(19-2)9-6-10-20(16)17(18)22/h3-5,7-8,15-16,19H,6,9-12H2,1-2H3/t15-,16?,18?/m0/s1. The summed E-state index contributed by atoms with van der Waals surface area (Å²) in [6.07, 6.45) is 3.24. The number of fused-ring (bicyclic) bond motifs is 1.